The molecule has 0 aliphatic carbocycles. The molecule has 6 heteroatoms. The van der Waals surface area contributed by atoms with E-state index in [1.165, 1.54) is 11.3 Å². The number of nitrogens with zero attached hydrogens (tertiary/aromatic N) is 3. The van der Waals surface area contributed by atoms with E-state index in [4.69, 9.17) is 19.4 Å². The summed E-state index contributed by atoms with van der Waals surface area (Å²) in [6, 6.07) is 19.3. The number of anilines is 1. The highest BCUT2D eigenvalue weighted by molar-refractivity contribution is 5.90. The number of hydrogen-bond acceptors (Lipinski definition) is 6. The normalized spacial score (nSPS) is 17.9. The van der Waals surface area contributed by atoms with Gasteiger partial charge in [-0.25, -0.2) is 14.8 Å². The zero-order valence-electron chi connectivity index (χ0n) is 25.5. The minimum atomic E-state index is -0.639. The average molecular weight is 544 g/mol. The molecule has 0 bridgehead atoms. The molecule has 1 aliphatic heterocycles. The molecule has 2 aromatic carbocycles. The Morgan fingerprint density at radius 2 is 1.65 bits per heavy atom. The maximum Gasteiger partial charge on any atom is 0.361 e. The van der Waals surface area contributed by atoms with Crippen LogP contribution in [0.5, 0.6) is 5.75 Å². The molecule has 1 saturated heterocycles. The van der Waals surface area contributed by atoms with Crippen LogP contribution in [0.25, 0.3) is 0 Å². The van der Waals surface area contributed by atoms with Crippen molar-refractivity contribution in [1.29, 1.82) is 0 Å². The van der Waals surface area contributed by atoms with Crippen molar-refractivity contribution < 1.29 is 14.3 Å². The molecule has 0 amide bonds. The van der Waals surface area contributed by atoms with Crippen LogP contribution in [-0.2, 0) is 23.2 Å². The number of aromatic nitrogens is 2. The number of esters is 1. The first kappa shape index (κ1) is 29.6. The molecule has 1 fully saturated rings. The van der Waals surface area contributed by atoms with Crippen molar-refractivity contribution in [2.75, 3.05) is 11.4 Å². The van der Waals surface area contributed by atoms with E-state index in [1.54, 1.807) is 0 Å². The molecule has 1 aliphatic rings. The Morgan fingerprint density at radius 1 is 0.975 bits per heavy atom. The van der Waals surface area contributed by atoms with Crippen LogP contribution >= 0.6 is 0 Å². The van der Waals surface area contributed by atoms with Crippen LogP contribution in [0, 0.1) is 12.8 Å². The summed E-state index contributed by atoms with van der Waals surface area (Å²) in [5, 5.41) is 0. The Bertz CT molecular complexity index is 1290. The van der Waals surface area contributed by atoms with E-state index in [0.29, 0.717) is 35.8 Å². The fourth-order valence-corrected chi connectivity index (χ4v) is 5.33. The van der Waals surface area contributed by atoms with E-state index < -0.39 is 11.6 Å². The molecule has 40 heavy (non-hydrogen) atoms. The lowest BCUT2D eigenvalue weighted by atomic mass is 9.86. The highest BCUT2D eigenvalue weighted by Crippen LogP contribution is 2.32. The van der Waals surface area contributed by atoms with E-state index in [9.17, 15) is 4.79 Å². The predicted molar refractivity (Wildman–Crippen MR) is 161 cm³/mol. The molecule has 6 nitrogen and oxygen atoms in total. The summed E-state index contributed by atoms with van der Waals surface area (Å²) in [6.07, 6.45) is 2.80. The summed E-state index contributed by atoms with van der Waals surface area (Å²) in [7, 11) is 0. The fraction of sp³-hybridized carbons (Fsp3) is 0.500. The monoisotopic (exact) mass is 543 g/mol. The van der Waals surface area contributed by atoms with E-state index in [-0.39, 0.29) is 11.1 Å². The number of piperidine rings is 1. The van der Waals surface area contributed by atoms with Crippen LogP contribution in [0.4, 0.5) is 5.69 Å². The molecule has 214 valence electrons. The zero-order valence-corrected chi connectivity index (χ0v) is 25.5. The number of rotatable bonds is 7. The number of benzene rings is 2. The third-order valence-corrected chi connectivity index (χ3v) is 7.42. The number of aryl methyl sites for hydroxylation is 1. The Labute approximate surface area is 240 Å². The minimum absolute atomic E-state index is 0.148. The lowest BCUT2D eigenvalue weighted by Crippen LogP contribution is -2.41. The molecule has 4 rings (SSSR count). The van der Waals surface area contributed by atoms with Crippen molar-refractivity contribution in [1.82, 2.24) is 9.97 Å². The van der Waals surface area contributed by atoms with Gasteiger partial charge in [-0.3, -0.25) is 0 Å². The number of hydrogen-bond donors (Lipinski definition) is 0. The first-order valence-electron chi connectivity index (χ1n) is 14.4. The number of carbonyl (C=O) groups is 1. The second-order valence-electron chi connectivity index (χ2n) is 13.1. The molecule has 3 aromatic rings. The van der Waals surface area contributed by atoms with Gasteiger partial charge in [-0.2, -0.15) is 0 Å². The van der Waals surface area contributed by atoms with Gasteiger partial charge in [0.1, 0.15) is 18.0 Å². The van der Waals surface area contributed by atoms with Crippen LogP contribution in [0.1, 0.15) is 94.4 Å². The van der Waals surface area contributed by atoms with Crippen molar-refractivity contribution in [3.8, 4) is 5.75 Å². The van der Waals surface area contributed by atoms with Gasteiger partial charge < -0.3 is 14.4 Å². The summed E-state index contributed by atoms with van der Waals surface area (Å²) in [5.74, 6) is 1.01. The van der Waals surface area contributed by atoms with Crippen molar-refractivity contribution >= 4 is 11.7 Å². The maximum absolute atomic E-state index is 13.2. The third-order valence-electron chi connectivity index (χ3n) is 7.42. The van der Waals surface area contributed by atoms with Crippen molar-refractivity contribution in [2.24, 2.45) is 5.92 Å². The predicted octanol–water partition coefficient (Wildman–Crippen LogP) is 7.46. The van der Waals surface area contributed by atoms with Crippen molar-refractivity contribution in [2.45, 2.75) is 98.3 Å². The van der Waals surface area contributed by atoms with Gasteiger partial charge in [0.2, 0.25) is 0 Å². The van der Waals surface area contributed by atoms with Gasteiger partial charge in [0.25, 0.3) is 0 Å². The van der Waals surface area contributed by atoms with Crippen LogP contribution in [0.15, 0.2) is 54.6 Å². The zero-order chi connectivity index (χ0) is 29.1. The average Bonchev–Trinajstić information content (AvgIpc) is 2.87. The molecule has 0 spiro atoms. The highest BCUT2D eigenvalue weighted by atomic mass is 16.6. The Balaban J connectivity index is 1.49. The standard InChI is InChI=1S/C34H45N3O3/c1-23-20-26(18-19-37(23)28-16-14-27(15-17-28)33(3,4)5)21-29-35-24(2)31(39-22-25-12-10-9-11-13-25)30(36-29)32(38)40-34(6,7)8/h9-17,23,26H,18-22H2,1-8H3/t23-,26+/m0/s1. The Hall–Kier alpha value is -3.41. The molecular formula is C34H45N3O3. The third kappa shape index (κ3) is 7.61. The number of carbonyl (C=O) groups excluding carboxylic acids is 1. The van der Waals surface area contributed by atoms with Crippen molar-refractivity contribution in [3.63, 3.8) is 0 Å². The molecular weight excluding hydrogens is 498 g/mol. The molecule has 2 atom stereocenters. The Kier molecular flexibility index (Phi) is 8.86. The van der Waals surface area contributed by atoms with E-state index in [1.807, 2.05) is 58.0 Å². The first-order chi connectivity index (χ1) is 18.8. The first-order valence-corrected chi connectivity index (χ1v) is 14.4. The fourth-order valence-electron chi connectivity index (χ4n) is 5.33. The van der Waals surface area contributed by atoms with E-state index >= 15 is 0 Å². The van der Waals surface area contributed by atoms with E-state index in [0.717, 1.165) is 31.4 Å². The quantitative estimate of drug-likeness (QED) is 0.288. The maximum atomic E-state index is 13.2. The minimum Gasteiger partial charge on any atom is -0.484 e. The van der Waals surface area contributed by atoms with Gasteiger partial charge in [0.15, 0.2) is 11.4 Å². The molecule has 0 N–H and O–H groups in total. The summed E-state index contributed by atoms with van der Waals surface area (Å²) in [4.78, 5) is 25.3. The highest BCUT2D eigenvalue weighted by Gasteiger charge is 2.29. The van der Waals surface area contributed by atoms with Crippen LogP contribution in [0.3, 0.4) is 0 Å². The van der Waals surface area contributed by atoms with Crippen LogP contribution in [0.2, 0.25) is 0 Å². The van der Waals surface area contributed by atoms with Crippen LogP contribution < -0.4 is 9.64 Å². The molecule has 1 aromatic heterocycles. The summed E-state index contributed by atoms with van der Waals surface area (Å²) >= 11 is 0. The summed E-state index contributed by atoms with van der Waals surface area (Å²) < 4.78 is 11.8. The second-order valence-corrected chi connectivity index (χ2v) is 13.1. The Morgan fingerprint density at radius 3 is 2.25 bits per heavy atom. The second kappa shape index (κ2) is 12.0. The van der Waals surface area contributed by atoms with Gasteiger partial charge in [0.05, 0.1) is 5.69 Å². The van der Waals surface area contributed by atoms with Gasteiger partial charge in [-0.1, -0.05) is 63.2 Å². The number of ether oxygens (including phenoxy) is 2. The van der Waals surface area contributed by atoms with Crippen molar-refractivity contribution in [3.05, 3.63) is 82.9 Å². The summed E-state index contributed by atoms with van der Waals surface area (Å²) in [5.41, 5.74) is 4.01. The van der Waals surface area contributed by atoms with Gasteiger partial charge in [-0.05, 0) is 82.1 Å². The topological polar surface area (TPSA) is 64.6 Å². The molecule has 0 saturated carbocycles. The summed E-state index contributed by atoms with van der Waals surface area (Å²) in [6.45, 7) is 17.8. The molecule has 0 unspecified atom stereocenters. The SMILES string of the molecule is Cc1nc(C[C@@H]2CCN(c3ccc(C(C)(C)C)cc3)[C@@H](C)C2)nc(C(=O)OC(C)(C)C)c1OCc1ccccc1. The molecule has 0 radical (unpaired) electrons. The smallest absolute Gasteiger partial charge is 0.361 e. The van der Waals surface area contributed by atoms with Gasteiger partial charge in [0, 0.05) is 24.7 Å². The van der Waals surface area contributed by atoms with E-state index in [2.05, 4.69) is 56.9 Å². The molecule has 2 heterocycles. The van der Waals surface area contributed by atoms with Gasteiger partial charge in [-0.15, -0.1) is 0 Å². The van der Waals surface area contributed by atoms with Gasteiger partial charge >= 0.3 is 5.97 Å². The lowest BCUT2D eigenvalue weighted by molar-refractivity contribution is 0.00572. The lowest BCUT2D eigenvalue weighted by Gasteiger charge is -2.39. The largest absolute Gasteiger partial charge is 0.484 e. The van der Waals surface area contributed by atoms with Crippen LogP contribution in [-0.4, -0.2) is 34.1 Å².